The van der Waals surface area contributed by atoms with Crippen LogP contribution < -0.4 is 0 Å². The lowest BCUT2D eigenvalue weighted by atomic mass is 9.85. The fraction of sp³-hybridized carbons (Fsp3) is 0.467. The first-order chi connectivity index (χ1) is 10.3. The highest BCUT2D eigenvalue weighted by molar-refractivity contribution is 7.10. The number of hydrogen-bond donors (Lipinski definition) is 1. The molecule has 0 aliphatic carbocycles. The average Bonchev–Trinajstić information content (AvgIpc) is 3.19. The number of likely N-dealkylation sites (tertiary alicyclic amines) is 1. The van der Waals surface area contributed by atoms with Gasteiger partial charge in [0.05, 0.1) is 19.1 Å². The van der Waals surface area contributed by atoms with Crippen LogP contribution in [0.4, 0.5) is 0 Å². The van der Waals surface area contributed by atoms with Crippen LogP contribution in [0.25, 0.3) is 0 Å². The predicted molar refractivity (Wildman–Crippen MR) is 79.4 cm³/mol. The van der Waals surface area contributed by atoms with E-state index in [1.165, 1.54) is 10.4 Å². The number of fused-ring (bicyclic) bond motifs is 2. The molecule has 0 atom stereocenters. The Balaban J connectivity index is 1.52. The van der Waals surface area contributed by atoms with Gasteiger partial charge in [0, 0.05) is 18.0 Å². The van der Waals surface area contributed by atoms with Gasteiger partial charge in [-0.05, 0) is 36.3 Å². The van der Waals surface area contributed by atoms with Crippen LogP contribution in [-0.4, -0.2) is 40.5 Å². The van der Waals surface area contributed by atoms with Gasteiger partial charge in [0.2, 0.25) is 0 Å². The summed E-state index contributed by atoms with van der Waals surface area (Å²) in [4.78, 5) is 22.4. The zero-order valence-electron chi connectivity index (χ0n) is 11.7. The maximum Gasteiger partial charge on any atom is 0.271 e. The third-order valence-corrected chi connectivity index (χ3v) is 5.64. The highest BCUT2D eigenvalue weighted by Crippen LogP contribution is 2.44. The number of aromatic nitrogens is 2. The molecular formula is C15H17N3O2S. The lowest BCUT2D eigenvalue weighted by molar-refractivity contribution is -0.0906. The maximum atomic E-state index is 12.3. The number of nitrogens with zero attached hydrogens (tertiary/aromatic N) is 2. The fourth-order valence-corrected chi connectivity index (χ4v) is 4.51. The Hall–Kier alpha value is -1.66. The van der Waals surface area contributed by atoms with Gasteiger partial charge in [-0.2, -0.15) is 0 Å². The molecule has 1 spiro atoms. The normalized spacial score (nSPS) is 20.5. The minimum absolute atomic E-state index is 0.0320. The predicted octanol–water partition coefficient (Wildman–Crippen LogP) is 2.18. The molecule has 1 N–H and O–H groups in total. The van der Waals surface area contributed by atoms with Crippen molar-refractivity contribution in [2.75, 3.05) is 19.7 Å². The van der Waals surface area contributed by atoms with Gasteiger partial charge in [-0.3, -0.25) is 4.79 Å². The number of ether oxygens (including phenoxy) is 1. The molecule has 6 heteroatoms. The topological polar surface area (TPSA) is 58.2 Å². The monoisotopic (exact) mass is 303 g/mol. The lowest BCUT2D eigenvalue weighted by Gasteiger charge is -2.43. The van der Waals surface area contributed by atoms with E-state index in [1.807, 2.05) is 4.90 Å². The Kier molecular flexibility index (Phi) is 3.08. The largest absolute Gasteiger partial charge is 0.369 e. The van der Waals surface area contributed by atoms with Gasteiger partial charge in [-0.25, -0.2) is 4.98 Å². The highest BCUT2D eigenvalue weighted by atomic mass is 32.1. The van der Waals surface area contributed by atoms with Crippen molar-refractivity contribution in [2.45, 2.75) is 24.9 Å². The van der Waals surface area contributed by atoms with Gasteiger partial charge in [-0.1, -0.05) is 0 Å². The molecule has 0 aromatic carbocycles. The number of rotatable bonds is 1. The molecule has 0 radical (unpaired) electrons. The number of carbonyl (C=O) groups excluding carboxylic acids is 1. The van der Waals surface area contributed by atoms with Crippen LogP contribution >= 0.6 is 11.3 Å². The van der Waals surface area contributed by atoms with Crippen molar-refractivity contribution in [3.8, 4) is 0 Å². The molecule has 0 unspecified atom stereocenters. The molecule has 110 valence electrons. The van der Waals surface area contributed by atoms with Gasteiger partial charge in [0.1, 0.15) is 11.3 Å². The molecule has 0 saturated carbocycles. The molecule has 2 aliphatic rings. The summed E-state index contributed by atoms with van der Waals surface area (Å²) in [7, 11) is 0. The summed E-state index contributed by atoms with van der Waals surface area (Å²) in [5.41, 5.74) is 1.83. The number of thiophene rings is 1. The van der Waals surface area contributed by atoms with Crippen molar-refractivity contribution in [1.29, 1.82) is 0 Å². The molecule has 1 fully saturated rings. The lowest BCUT2D eigenvalue weighted by Crippen LogP contribution is -2.47. The van der Waals surface area contributed by atoms with Gasteiger partial charge in [0.15, 0.2) is 0 Å². The van der Waals surface area contributed by atoms with E-state index in [4.69, 9.17) is 4.74 Å². The minimum atomic E-state index is -0.160. The number of amides is 1. The second-order valence-electron chi connectivity index (χ2n) is 5.63. The quantitative estimate of drug-likeness (QED) is 0.878. The van der Waals surface area contributed by atoms with E-state index >= 15 is 0 Å². The van der Waals surface area contributed by atoms with Crippen LogP contribution in [0, 0.1) is 0 Å². The van der Waals surface area contributed by atoms with E-state index in [-0.39, 0.29) is 11.5 Å². The minimum Gasteiger partial charge on any atom is -0.369 e. The smallest absolute Gasteiger partial charge is 0.271 e. The summed E-state index contributed by atoms with van der Waals surface area (Å²) >= 11 is 1.79. The summed E-state index contributed by atoms with van der Waals surface area (Å²) < 4.78 is 6.16. The number of nitrogens with one attached hydrogen (secondary N) is 1. The van der Waals surface area contributed by atoms with Crippen molar-refractivity contribution in [3.05, 3.63) is 40.1 Å². The molecular weight excluding hydrogens is 286 g/mol. The van der Waals surface area contributed by atoms with E-state index in [0.29, 0.717) is 5.69 Å². The zero-order chi connectivity index (χ0) is 14.3. The standard InChI is InChI=1S/C15H17N3O2S/c19-14(12-9-16-10-17-12)18-5-3-15(4-6-18)13-11(1-7-20-15)2-8-21-13/h2,8-10H,1,3-7H2,(H,16,17). The van der Waals surface area contributed by atoms with Crippen molar-refractivity contribution < 1.29 is 9.53 Å². The molecule has 2 aromatic heterocycles. The van der Waals surface area contributed by atoms with Crippen molar-refractivity contribution >= 4 is 17.2 Å². The number of aromatic amines is 1. The van der Waals surface area contributed by atoms with Gasteiger partial charge >= 0.3 is 0 Å². The summed E-state index contributed by atoms with van der Waals surface area (Å²) in [6, 6.07) is 2.21. The average molecular weight is 303 g/mol. The van der Waals surface area contributed by atoms with Crippen LogP contribution in [0.3, 0.4) is 0 Å². The summed E-state index contributed by atoms with van der Waals surface area (Å²) in [5, 5.41) is 2.16. The maximum absolute atomic E-state index is 12.3. The highest BCUT2D eigenvalue weighted by Gasteiger charge is 2.42. The number of imidazole rings is 1. The van der Waals surface area contributed by atoms with E-state index in [2.05, 4.69) is 21.4 Å². The molecule has 5 nitrogen and oxygen atoms in total. The number of piperidine rings is 1. The van der Waals surface area contributed by atoms with Crippen molar-refractivity contribution in [1.82, 2.24) is 14.9 Å². The molecule has 1 amide bonds. The fourth-order valence-electron chi connectivity index (χ4n) is 3.34. The van der Waals surface area contributed by atoms with Gasteiger partial charge in [-0.15, -0.1) is 11.3 Å². The Labute approximate surface area is 127 Å². The molecule has 4 rings (SSSR count). The van der Waals surface area contributed by atoms with Gasteiger partial charge in [0.25, 0.3) is 5.91 Å². The van der Waals surface area contributed by atoms with E-state index in [1.54, 1.807) is 23.9 Å². The Morgan fingerprint density at radius 1 is 1.43 bits per heavy atom. The summed E-state index contributed by atoms with van der Waals surface area (Å²) in [5.74, 6) is 0.0320. The molecule has 1 saturated heterocycles. The third-order valence-electron chi connectivity index (χ3n) is 4.50. The van der Waals surface area contributed by atoms with Gasteiger partial charge < -0.3 is 14.6 Å². The van der Waals surface area contributed by atoms with Crippen LogP contribution in [0.15, 0.2) is 24.0 Å². The first-order valence-corrected chi connectivity index (χ1v) is 8.15. The van der Waals surface area contributed by atoms with Crippen LogP contribution in [0.1, 0.15) is 33.8 Å². The Bertz CT molecular complexity index is 642. The Morgan fingerprint density at radius 2 is 2.29 bits per heavy atom. The van der Waals surface area contributed by atoms with E-state index in [9.17, 15) is 4.79 Å². The molecule has 2 aromatic rings. The van der Waals surface area contributed by atoms with E-state index in [0.717, 1.165) is 39.0 Å². The first kappa shape index (κ1) is 13.0. The van der Waals surface area contributed by atoms with E-state index < -0.39 is 0 Å². The number of carbonyl (C=O) groups is 1. The van der Waals surface area contributed by atoms with Crippen LogP contribution in [-0.2, 0) is 16.8 Å². The molecule has 0 bridgehead atoms. The third kappa shape index (κ3) is 2.10. The zero-order valence-corrected chi connectivity index (χ0v) is 12.5. The molecule has 4 heterocycles. The second-order valence-corrected chi connectivity index (χ2v) is 6.54. The first-order valence-electron chi connectivity index (χ1n) is 7.27. The van der Waals surface area contributed by atoms with Crippen molar-refractivity contribution in [2.24, 2.45) is 0 Å². The number of hydrogen-bond acceptors (Lipinski definition) is 4. The second kappa shape index (κ2) is 4.96. The van der Waals surface area contributed by atoms with Crippen LogP contribution in [0.2, 0.25) is 0 Å². The number of H-pyrrole nitrogens is 1. The SMILES string of the molecule is O=C(c1cnc[nH]1)N1CCC2(CC1)OCCc1ccsc12. The summed E-state index contributed by atoms with van der Waals surface area (Å²) in [6.07, 6.45) is 5.89. The Morgan fingerprint density at radius 3 is 3.05 bits per heavy atom. The van der Waals surface area contributed by atoms with Crippen molar-refractivity contribution in [3.63, 3.8) is 0 Å². The molecule has 2 aliphatic heterocycles. The van der Waals surface area contributed by atoms with Crippen LogP contribution in [0.5, 0.6) is 0 Å². The molecule has 21 heavy (non-hydrogen) atoms. The summed E-state index contributed by atoms with van der Waals surface area (Å²) in [6.45, 7) is 2.25.